The Labute approximate surface area is 217 Å². The van der Waals surface area contributed by atoms with Crippen LogP contribution in [0.5, 0.6) is 5.88 Å². The molecule has 7 nitrogen and oxygen atoms in total. The van der Waals surface area contributed by atoms with Gasteiger partial charge in [0.1, 0.15) is 11.5 Å². The summed E-state index contributed by atoms with van der Waals surface area (Å²) < 4.78 is 53.8. The Morgan fingerprint density at radius 2 is 1.97 bits per heavy atom. The summed E-state index contributed by atoms with van der Waals surface area (Å²) in [5.74, 6) is 1.04. The molecule has 10 heteroatoms. The predicted octanol–water partition coefficient (Wildman–Crippen LogP) is 6.57. The van der Waals surface area contributed by atoms with Crippen LogP contribution >= 0.6 is 0 Å². The van der Waals surface area contributed by atoms with Gasteiger partial charge in [-0.25, -0.2) is 9.48 Å². The third-order valence-corrected chi connectivity index (χ3v) is 8.08. The van der Waals surface area contributed by atoms with Crippen molar-refractivity contribution in [1.29, 1.82) is 0 Å². The summed E-state index contributed by atoms with van der Waals surface area (Å²) in [5, 5.41) is 17.1. The minimum atomic E-state index is -4.48. The van der Waals surface area contributed by atoms with Crippen molar-refractivity contribution in [1.82, 2.24) is 14.9 Å². The molecule has 0 amide bonds. The van der Waals surface area contributed by atoms with Crippen molar-refractivity contribution in [2.75, 3.05) is 6.61 Å². The highest BCUT2D eigenvalue weighted by atomic mass is 19.4. The Bertz CT molecular complexity index is 1390. The number of carboxylic acid groups (broad SMARTS) is 1. The van der Waals surface area contributed by atoms with Crippen molar-refractivity contribution in [3.8, 4) is 17.1 Å². The van der Waals surface area contributed by atoms with E-state index in [9.17, 15) is 18.0 Å². The number of aromatic nitrogens is 3. The average molecular weight is 528 g/mol. The maximum absolute atomic E-state index is 13.7. The second kappa shape index (κ2) is 9.03. The van der Waals surface area contributed by atoms with Gasteiger partial charge in [0.2, 0.25) is 5.88 Å². The molecule has 2 aromatic heterocycles. The van der Waals surface area contributed by atoms with Gasteiger partial charge in [0.25, 0.3) is 0 Å². The van der Waals surface area contributed by atoms with Gasteiger partial charge in [-0.2, -0.15) is 18.3 Å². The van der Waals surface area contributed by atoms with E-state index in [0.29, 0.717) is 41.1 Å². The fraction of sp³-hybridized carbons (Fsp3) is 0.464. The predicted molar refractivity (Wildman–Crippen MR) is 131 cm³/mol. The first-order chi connectivity index (χ1) is 18.1. The highest BCUT2D eigenvalue weighted by molar-refractivity contribution is 5.85. The molecule has 0 saturated heterocycles. The van der Waals surface area contributed by atoms with Gasteiger partial charge < -0.3 is 14.4 Å². The number of hydrogen-bond acceptors (Lipinski definition) is 5. The highest BCUT2D eigenvalue weighted by Gasteiger charge is 2.52. The van der Waals surface area contributed by atoms with Crippen LogP contribution in [-0.2, 0) is 13.2 Å². The normalized spacial score (nSPS) is 24.9. The number of aromatic carboxylic acids is 1. The van der Waals surface area contributed by atoms with Crippen LogP contribution < -0.4 is 4.74 Å². The molecular weight excluding hydrogens is 499 g/mol. The van der Waals surface area contributed by atoms with E-state index < -0.39 is 17.7 Å². The van der Waals surface area contributed by atoms with Crippen LogP contribution in [0.25, 0.3) is 17.3 Å². The first kappa shape index (κ1) is 24.8. The zero-order valence-electron chi connectivity index (χ0n) is 20.9. The SMILES string of the molecule is Cn1nc(C(=O)O)cc1OCC1CC2(CC(/C=C/c3c(-c4ccccc4C(F)(F)F)noc3C3CC3)C2)C1. The molecule has 200 valence electrons. The smallest absolute Gasteiger partial charge is 0.417 e. The van der Waals surface area contributed by atoms with E-state index >= 15 is 0 Å². The number of benzene rings is 1. The monoisotopic (exact) mass is 527 g/mol. The molecule has 38 heavy (non-hydrogen) atoms. The Morgan fingerprint density at radius 3 is 2.63 bits per heavy atom. The number of allylic oxidation sites excluding steroid dienone is 1. The summed E-state index contributed by atoms with van der Waals surface area (Å²) in [6, 6.07) is 6.95. The number of aryl methyl sites for hydroxylation is 1. The summed E-state index contributed by atoms with van der Waals surface area (Å²) in [5.41, 5.74) is 0.520. The van der Waals surface area contributed by atoms with Gasteiger partial charge >= 0.3 is 12.1 Å². The van der Waals surface area contributed by atoms with Gasteiger partial charge in [-0.1, -0.05) is 35.5 Å². The molecule has 1 N–H and O–H groups in total. The number of rotatable bonds is 8. The quantitative estimate of drug-likeness (QED) is 0.356. The molecule has 1 spiro atoms. The fourth-order valence-electron chi connectivity index (χ4n) is 6.17. The van der Waals surface area contributed by atoms with Crippen LogP contribution in [-0.4, -0.2) is 32.6 Å². The van der Waals surface area contributed by atoms with E-state index in [-0.39, 0.29) is 22.9 Å². The summed E-state index contributed by atoms with van der Waals surface area (Å²) >= 11 is 0. The molecular formula is C28H28F3N3O4. The first-order valence-corrected chi connectivity index (χ1v) is 12.9. The lowest BCUT2D eigenvalue weighted by atomic mass is 9.48. The van der Waals surface area contributed by atoms with Crippen LogP contribution in [0.3, 0.4) is 0 Å². The Balaban J connectivity index is 1.09. The van der Waals surface area contributed by atoms with Crippen molar-refractivity contribution in [3.05, 3.63) is 59.0 Å². The third-order valence-electron chi connectivity index (χ3n) is 8.08. The maximum atomic E-state index is 13.7. The fourth-order valence-corrected chi connectivity index (χ4v) is 6.17. The number of carbonyl (C=O) groups is 1. The van der Waals surface area contributed by atoms with E-state index in [1.165, 1.54) is 22.9 Å². The summed E-state index contributed by atoms with van der Waals surface area (Å²) in [4.78, 5) is 11.1. The minimum Gasteiger partial charge on any atom is -0.478 e. The molecule has 6 rings (SSSR count). The zero-order valence-corrected chi connectivity index (χ0v) is 20.9. The minimum absolute atomic E-state index is 0.0380. The van der Waals surface area contributed by atoms with Crippen LogP contribution in [0.1, 0.15) is 71.8 Å². The van der Waals surface area contributed by atoms with E-state index in [2.05, 4.69) is 16.3 Å². The average Bonchev–Trinajstić information content (AvgIpc) is 3.47. The number of ether oxygens (including phenoxy) is 1. The molecule has 0 atom stereocenters. The lowest BCUT2D eigenvalue weighted by Crippen LogP contribution is -2.48. The lowest BCUT2D eigenvalue weighted by molar-refractivity contribution is -0.137. The number of alkyl halides is 3. The molecule has 0 unspecified atom stereocenters. The van der Waals surface area contributed by atoms with Crippen molar-refractivity contribution in [3.63, 3.8) is 0 Å². The van der Waals surface area contributed by atoms with Gasteiger partial charge in [0.15, 0.2) is 5.69 Å². The van der Waals surface area contributed by atoms with Crippen molar-refractivity contribution >= 4 is 12.0 Å². The Morgan fingerprint density at radius 1 is 1.24 bits per heavy atom. The molecule has 3 aromatic rings. The van der Waals surface area contributed by atoms with Crippen LogP contribution in [0, 0.1) is 17.3 Å². The molecule has 3 aliphatic rings. The van der Waals surface area contributed by atoms with Crippen LogP contribution in [0.15, 0.2) is 40.9 Å². The number of nitrogens with zero attached hydrogens (tertiary/aromatic N) is 3. The maximum Gasteiger partial charge on any atom is 0.417 e. The molecule has 0 radical (unpaired) electrons. The molecule has 0 aliphatic heterocycles. The van der Waals surface area contributed by atoms with Crippen molar-refractivity contribution < 1.29 is 32.3 Å². The van der Waals surface area contributed by atoms with Crippen molar-refractivity contribution in [2.45, 2.75) is 50.6 Å². The molecule has 3 saturated carbocycles. The number of carboxylic acids is 1. The lowest BCUT2D eigenvalue weighted by Gasteiger charge is -2.57. The summed E-state index contributed by atoms with van der Waals surface area (Å²) in [7, 11) is 1.66. The van der Waals surface area contributed by atoms with Crippen molar-refractivity contribution in [2.24, 2.45) is 24.3 Å². The second-order valence-electron chi connectivity index (χ2n) is 11.0. The molecule has 3 aliphatic carbocycles. The van der Waals surface area contributed by atoms with E-state index in [0.717, 1.165) is 44.6 Å². The topological polar surface area (TPSA) is 90.4 Å². The Kier molecular flexibility index (Phi) is 5.88. The summed E-state index contributed by atoms with van der Waals surface area (Å²) in [6.07, 6.45) is 5.64. The molecule has 0 bridgehead atoms. The Hall–Kier alpha value is -3.56. The van der Waals surface area contributed by atoms with E-state index in [1.807, 2.05) is 6.08 Å². The number of halogens is 3. The largest absolute Gasteiger partial charge is 0.478 e. The molecule has 2 heterocycles. The summed E-state index contributed by atoms with van der Waals surface area (Å²) in [6.45, 7) is 0.522. The van der Waals surface area contributed by atoms with E-state index in [4.69, 9.17) is 14.4 Å². The van der Waals surface area contributed by atoms with Crippen LogP contribution in [0.4, 0.5) is 13.2 Å². The van der Waals surface area contributed by atoms with Crippen LogP contribution in [0.2, 0.25) is 0 Å². The first-order valence-electron chi connectivity index (χ1n) is 12.9. The molecule has 3 fully saturated rings. The van der Waals surface area contributed by atoms with E-state index in [1.54, 1.807) is 13.1 Å². The standard InChI is InChI=1S/C28H28F3N3O4/c1-34-23(10-22(32-34)26(35)36)37-15-17-13-27(14-17)11-16(12-27)6-9-20-24(33-38-25(20)18-7-8-18)19-4-2-3-5-21(19)28(29,30)31/h2-6,9-10,16-18H,7-8,11-15H2,1H3,(H,35,36)/b9-6+. The van der Waals surface area contributed by atoms with Gasteiger partial charge in [-0.3, -0.25) is 0 Å². The van der Waals surface area contributed by atoms with Gasteiger partial charge in [0, 0.05) is 30.2 Å². The van der Waals surface area contributed by atoms with Gasteiger partial charge in [-0.15, -0.1) is 0 Å². The number of hydrogen-bond donors (Lipinski definition) is 1. The highest BCUT2D eigenvalue weighted by Crippen LogP contribution is 2.61. The zero-order chi connectivity index (χ0) is 26.7. The third kappa shape index (κ3) is 4.61. The van der Waals surface area contributed by atoms with Gasteiger partial charge in [-0.05, 0) is 61.8 Å². The molecule has 1 aromatic carbocycles. The van der Waals surface area contributed by atoms with Gasteiger partial charge in [0.05, 0.1) is 12.2 Å². The second-order valence-corrected chi connectivity index (χ2v) is 11.0.